The van der Waals surface area contributed by atoms with Crippen molar-refractivity contribution >= 4 is 0 Å². The number of hydrogen-bond donors (Lipinski definition) is 0. The van der Waals surface area contributed by atoms with Crippen LogP contribution in [0.4, 0.5) is 0 Å². The molecule has 2 heteroatoms. The molecule has 0 atom stereocenters. The van der Waals surface area contributed by atoms with Crippen molar-refractivity contribution in [1.82, 2.24) is 0 Å². The molecule has 0 unspecified atom stereocenters. The zero-order valence-corrected chi connectivity index (χ0v) is 13.6. The van der Waals surface area contributed by atoms with Crippen molar-refractivity contribution in [2.45, 2.75) is 57.8 Å². The highest BCUT2D eigenvalue weighted by molar-refractivity contribution is 5.33. The molecule has 0 radical (unpaired) electrons. The van der Waals surface area contributed by atoms with Crippen molar-refractivity contribution in [3.05, 3.63) is 47.7 Å². The lowest BCUT2D eigenvalue weighted by atomic mass is 9.77. The molecule has 2 rings (SSSR count). The molecule has 0 bridgehead atoms. The molecular formula is C20H27NO. The van der Waals surface area contributed by atoms with Gasteiger partial charge in [0.2, 0.25) is 0 Å². The van der Waals surface area contributed by atoms with Gasteiger partial charge in [-0.15, -0.1) is 0 Å². The molecule has 0 aliphatic heterocycles. The normalized spacial score (nSPS) is 21.6. The summed E-state index contributed by atoms with van der Waals surface area (Å²) in [6, 6.07) is 10.4. The van der Waals surface area contributed by atoms with E-state index in [0.29, 0.717) is 5.92 Å². The van der Waals surface area contributed by atoms with E-state index in [1.807, 2.05) is 18.4 Å². The van der Waals surface area contributed by atoms with Crippen molar-refractivity contribution in [3.8, 4) is 6.07 Å². The number of allylic oxidation sites excluding steroid dienone is 1. The predicted molar refractivity (Wildman–Crippen MR) is 90.5 cm³/mol. The van der Waals surface area contributed by atoms with E-state index < -0.39 is 0 Å². The molecule has 1 fully saturated rings. The summed E-state index contributed by atoms with van der Waals surface area (Å²) in [5, 5.41) is 8.86. The lowest BCUT2D eigenvalue weighted by Crippen LogP contribution is -2.13. The van der Waals surface area contributed by atoms with E-state index >= 15 is 0 Å². The van der Waals surface area contributed by atoms with Gasteiger partial charge in [-0.3, -0.25) is 0 Å². The summed E-state index contributed by atoms with van der Waals surface area (Å²) in [7, 11) is 0. The van der Waals surface area contributed by atoms with E-state index in [-0.39, 0.29) is 0 Å². The largest absolute Gasteiger partial charge is 0.502 e. The van der Waals surface area contributed by atoms with E-state index in [9.17, 15) is 0 Å². The van der Waals surface area contributed by atoms with Gasteiger partial charge in [0.15, 0.2) is 0 Å². The number of nitrogens with zero attached hydrogens (tertiary/aromatic N) is 1. The fraction of sp³-hybridized carbons (Fsp3) is 0.550. The zero-order chi connectivity index (χ0) is 15.6. The minimum absolute atomic E-state index is 0.688. The number of nitriles is 1. The second kappa shape index (κ2) is 9.30. The Bertz CT molecular complexity index is 489. The van der Waals surface area contributed by atoms with Crippen LogP contribution in [0.3, 0.4) is 0 Å². The average molecular weight is 297 g/mol. The van der Waals surface area contributed by atoms with Crippen molar-refractivity contribution in [2.75, 3.05) is 6.61 Å². The maximum atomic E-state index is 8.86. The minimum atomic E-state index is 0.688. The molecular weight excluding hydrogens is 270 g/mol. The number of ether oxygens (including phenoxy) is 1. The molecule has 0 amide bonds. The number of rotatable bonds is 7. The van der Waals surface area contributed by atoms with Crippen molar-refractivity contribution in [1.29, 1.82) is 5.26 Å². The van der Waals surface area contributed by atoms with Crippen LogP contribution in [0.15, 0.2) is 36.6 Å². The molecule has 0 saturated heterocycles. The topological polar surface area (TPSA) is 33.0 Å². The Kier molecular flexibility index (Phi) is 7.03. The Morgan fingerprint density at radius 3 is 2.55 bits per heavy atom. The Morgan fingerprint density at radius 1 is 1.18 bits per heavy atom. The third kappa shape index (κ3) is 5.22. The van der Waals surface area contributed by atoms with Gasteiger partial charge in [0, 0.05) is 0 Å². The van der Waals surface area contributed by atoms with E-state index in [0.717, 1.165) is 24.5 Å². The summed E-state index contributed by atoms with van der Waals surface area (Å²) in [5.41, 5.74) is 2.17. The first-order chi connectivity index (χ1) is 10.8. The van der Waals surface area contributed by atoms with Crippen LogP contribution >= 0.6 is 0 Å². The van der Waals surface area contributed by atoms with Crippen LogP contribution in [0.2, 0.25) is 0 Å². The molecule has 0 aromatic heterocycles. The summed E-state index contributed by atoms with van der Waals surface area (Å²) < 4.78 is 5.47. The van der Waals surface area contributed by atoms with Crippen LogP contribution < -0.4 is 0 Å². The van der Waals surface area contributed by atoms with Gasteiger partial charge in [0.25, 0.3) is 0 Å². The molecule has 2 nitrogen and oxygen atoms in total. The maximum Gasteiger partial charge on any atom is 0.0991 e. The fourth-order valence-electron chi connectivity index (χ4n) is 3.30. The second-order valence-corrected chi connectivity index (χ2v) is 6.24. The molecule has 118 valence electrons. The number of hydrogen-bond acceptors (Lipinski definition) is 2. The molecule has 1 aliphatic carbocycles. The lowest BCUT2D eigenvalue weighted by molar-refractivity contribution is 0.219. The first kappa shape index (κ1) is 16.6. The van der Waals surface area contributed by atoms with Gasteiger partial charge < -0.3 is 4.74 Å². The van der Waals surface area contributed by atoms with Gasteiger partial charge in [-0.2, -0.15) is 5.26 Å². The first-order valence-electron chi connectivity index (χ1n) is 8.60. The smallest absolute Gasteiger partial charge is 0.0991 e. The summed E-state index contributed by atoms with van der Waals surface area (Å²) in [6.07, 6.45) is 12.6. The Hall–Kier alpha value is -1.75. The van der Waals surface area contributed by atoms with Crippen LogP contribution in [0, 0.1) is 17.2 Å². The summed E-state index contributed by atoms with van der Waals surface area (Å²) in [5.74, 6) is 1.56. The summed E-state index contributed by atoms with van der Waals surface area (Å²) in [4.78, 5) is 0. The Morgan fingerprint density at radius 2 is 1.91 bits per heavy atom. The Balaban J connectivity index is 1.67. The van der Waals surface area contributed by atoms with Gasteiger partial charge in [-0.05, 0) is 74.5 Å². The lowest BCUT2D eigenvalue weighted by Gasteiger charge is -2.28. The highest BCUT2D eigenvalue weighted by atomic mass is 16.5. The van der Waals surface area contributed by atoms with E-state index in [1.54, 1.807) is 0 Å². The minimum Gasteiger partial charge on any atom is -0.502 e. The summed E-state index contributed by atoms with van der Waals surface area (Å²) in [6.45, 7) is 2.97. The van der Waals surface area contributed by atoms with E-state index in [4.69, 9.17) is 10.00 Å². The van der Waals surface area contributed by atoms with Gasteiger partial charge in [-0.1, -0.05) is 25.1 Å². The molecule has 22 heavy (non-hydrogen) atoms. The number of benzene rings is 1. The molecule has 0 spiro atoms. The van der Waals surface area contributed by atoms with Crippen LogP contribution in [-0.2, 0) is 4.74 Å². The molecule has 1 aromatic carbocycles. The third-order valence-electron chi connectivity index (χ3n) is 4.66. The molecule has 1 aliphatic rings. The van der Waals surface area contributed by atoms with Gasteiger partial charge in [-0.25, -0.2) is 0 Å². The van der Waals surface area contributed by atoms with Crippen molar-refractivity contribution < 1.29 is 4.74 Å². The maximum absolute atomic E-state index is 8.86. The predicted octanol–water partition coefficient (Wildman–Crippen LogP) is 5.55. The molecule has 0 N–H and O–H groups in total. The first-order valence-corrected chi connectivity index (χ1v) is 8.60. The average Bonchev–Trinajstić information content (AvgIpc) is 2.59. The fourth-order valence-corrected chi connectivity index (χ4v) is 3.30. The van der Waals surface area contributed by atoms with Crippen LogP contribution in [0.1, 0.15) is 68.9 Å². The standard InChI is InChI=1S/C20H27NO/c1-2-3-14-22-15-4-5-17-6-10-19(11-7-17)20-12-8-18(16-21)9-13-20/h3,8-9,12-14,17,19H,2,4-7,10-11,15H2,1H3. The Labute approximate surface area is 134 Å². The molecule has 1 saturated carbocycles. The summed E-state index contributed by atoms with van der Waals surface area (Å²) >= 11 is 0. The van der Waals surface area contributed by atoms with E-state index in [1.165, 1.54) is 44.1 Å². The molecule has 1 aromatic rings. The highest BCUT2D eigenvalue weighted by Crippen LogP contribution is 2.37. The van der Waals surface area contributed by atoms with Crippen LogP contribution in [0.25, 0.3) is 0 Å². The third-order valence-corrected chi connectivity index (χ3v) is 4.66. The van der Waals surface area contributed by atoms with Gasteiger partial charge >= 0.3 is 0 Å². The zero-order valence-electron chi connectivity index (χ0n) is 13.6. The van der Waals surface area contributed by atoms with Gasteiger partial charge in [0.1, 0.15) is 0 Å². The van der Waals surface area contributed by atoms with Gasteiger partial charge in [0.05, 0.1) is 24.5 Å². The SMILES string of the molecule is CCC=COCCCC1CCC(c2ccc(C#N)cc2)CC1. The second-order valence-electron chi connectivity index (χ2n) is 6.24. The molecule has 0 heterocycles. The van der Waals surface area contributed by atoms with Crippen LogP contribution in [-0.4, -0.2) is 6.61 Å². The van der Waals surface area contributed by atoms with E-state index in [2.05, 4.69) is 31.2 Å². The quantitative estimate of drug-likeness (QED) is 0.488. The van der Waals surface area contributed by atoms with Crippen molar-refractivity contribution in [2.24, 2.45) is 5.92 Å². The van der Waals surface area contributed by atoms with Crippen LogP contribution in [0.5, 0.6) is 0 Å². The highest BCUT2D eigenvalue weighted by Gasteiger charge is 2.21. The monoisotopic (exact) mass is 297 g/mol. The van der Waals surface area contributed by atoms with Crippen molar-refractivity contribution in [3.63, 3.8) is 0 Å².